The summed E-state index contributed by atoms with van der Waals surface area (Å²) < 4.78 is 0. The first-order valence-electron chi connectivity index (χ1n) is 6.34. The first-order chi connectivity index (χ1) is 8.83. The summed E-state index contributed by atoms with van der Waals surface area (Å²) in [6.45, 7) is 0.894. The molecule has 0 spiro atoms. The van der Waals surface area contributed by atoms with Crippen molar-refractivity contribution in [1.82, 2.24) is 0 Å². The predicted octanol–water partition coefficient (Wildman–Crippen LogP) is 3.00. The Balaban J connectivity index is 2.40. The molecule has 0 fully saturated rings. The highest BCUT2D eigenvalue weighted by Gasteiger charge is 2.14. The van der Waals surface area contributed by atoms with Crippen molar-refractivity contribution in [1.29, 1.82) is 0 Å². The third-order valence-electron chi connectivity index (χ3n) is 3.16. The van der Waals surface area contributed by atoms with Crippen LogP contribution in [0.4, 0.5) is 0 Å². The van der Waals surface area contributed by atoms with Crippen LogP contribution in [-0.2, 0) is 0 Å². The third-order valence-corrected chi connectivity index (χ3v) is 3.16. The number of rotatable bonds is 3. The standard InChI is InChI=1S/C16H18N2/c1-2-8-14(15-11-6-7-12-18-15)16(17)13-9-4-3-5-10-13/h1,3-5,9-10H,6-8,11-12,17H2/b16-14-. The molecule has 0 aliphatic carbocycles. The summed E-state index contributed by atoms with van der Waals surface area (Å²) in [5.74, 6) is 2.70. The van der Waals surface area contributed by atoms with Crippen LogP contribution in [0.5, 0.6) is 0 Å². The molecule has 1 aliphatic rings. The molecule has 2 N–H and O–H groups in total. The van der Waals surface area contributed by atoms with E-state index in [1.54, 1.807) is 0 Å². The molecule has 0 radical (unpaired) electrons. The molecule has 2 heteroatoms. The van der Waals surface area contributed by atoms with Crippen LogP contribution in [0.2, 0.25) is 0 Å². The summed E-state index contributed by atoms with van der Waals surface area (Å²) in [5, 5.41) is 0. The van der Waals surface area contributed by atoms with Crippen molar-refractivity contribution in [3.8, 4) is 12.3 Å². The average molecular weight is 238 g/mol. The summed E-state index contributed by atoms with van der Waals surface area (Å²) in [6.07, 6.45) is 9.34. The van der Waals surface area contributed by atoms with Crippen LogP contribution in [0.25, 0.3) is 5.70 Å². The van der Waals surface area contributed by atoms with Gasteiger partial charge in [0.05, 0.1) is 0 Å². The summed E-state index contributed by atoms with van der Waals surface area (Å²) in [6, 6.07) is 9.97. The Bertz CT molecular complexity index is 504. The number of nitrogens with zero attached hydrogens (tertiary/aromatic N) is 1. The van der Waals surface area contributed by atoms with E-state index in [0.717, 1.165) is 41.9 Å². The Morgan fingerprint density at radius 3 is 2.67 bits per heavy atom. The third kappa shape index (κ3) is 2.81. The molecule has 0 unspecified atom stereocenters. The van der Waals surface area contributed by atoms with Crippen molar-refractivity contribution in [3.63, 3.8) is 0 Å². The first-order valence-corrected chi connectivity index (χ1v) is 6.34. The van der Waals surface area contributed by atoms with E-state index in [1.165, 1.54) is 6.42 Å². The van der Waals surface area contributed by atoms with Crippen LogP contribution in [-0.4, -0.2) is 12.3 Å². The van der Waals surface area contributed by atoms with Gasteiger partial charge in [0.1, 0.15) is 0 Å². The smallest absolute Gasteiger partial charge is 0.0448 e. The zero-order valence-corrected chi connectivity index (χ0v) is 10.5. The lowest BCUT2D eigenvalue weighted by molar-refractivity contribution is 0.736. The number of hydrogen-bond donors (Lipinski definition) is 1. The maximum atomic E-state index is 6.26. The summed E-state index contributed by atoms with van der Waals surface area (Å²) >= 11 is 0. The second-order valence-electron chi connectivity index (χ2n) is 4.42. The molecule has 2 nitrogen and oxygen atoms in total. The summed E-state index contributed by atoms with van der Waals surface area (Å²) in [7, 11) is 0. The molecule has 0 saturated heterocycles. The number of allylic oxidation sites excluding steroid dienone is 1. The minimum Gasteiger partial charge on any atom is -0.398 e. The van der Waals surface area contributed by atoms with Gasteiger partial charge in [-0.3, -0.25) is 4.99 Å². The van der Waals surface area contributed by atoms with Gasteiger partial charge in [0, 0.05) is 29.9 Å². The fourth-order valence-corrected chi connectivity index (χ4v) is 2.19. The lowest BCUT2D eigenvalue weighted by Crippen LogP contribution is -2.14. The number of benzene rings is 1. The van der Waals surface area contributed by atoms with E-state index >= 15 is 0 Å². The number of terminal acetylenes is 1. The van der Waals surface area contributed by atoms with Crippen LogP contribution >= 0.6 is 0 Å². The van der Waals surface area contributed by atoms with Crippen LogP contribution < -0.4 is 5.73 Å². The highest BCUT2D eigenvalue weighted by molar-refractivity contribution is 6.06. The molecule has 0 bridgehead atoms. The Kier molecular flexibility index (Phi) is 4.20. The van der Waals surface area contributed by atoms with E-state index in [1.807, 2.05) is 30.3 Å². The molecule has 1 aliphatic heterocycles. The van der Waals surface area contributed by atoms with Crippen LogP contribution in [0, 0.1) is 12.3 Å². The highest BCUT2D eigenvalue weighted by Crippen LogP contribution is 2.21. The Morgan fingerprint density at radius 2 is 2.06 bits per heavy atom. The van der Waals surface area contributed by atoms with Crippen molar-refractivity contribution in [2.45, 2.75) is 25.7 Å². The van der Waals surface area contributed by atoms with Gasteiger partial charge in [0.15, 0.2) is 0 Å². The van der Waals surface area contributed by atoms with Crippen LogP contribution in [0.3, 0.4) is 0 Å². The van der Waals surface area contributed by atoms with Crippen molar-refractivity contribution in [2.24, 2.45) is 10.7 Å². The molecule has 1 aromatic carbocycles. The molecule has 0 saturated carbocycles. The van der Waals surface area contributed by atoms with E-state index in [9.17, 15) is 0 Å². The number of hydrogen-bond acceptors (Lipinski definition) is 2. The molecule has 1 aromatic rings. The van der Waals surface area contributed by atoms with Gasteiger partial charge >= 0.3 is 0 Å². The van der Waals surface area contributed by atoms with Crippen LogP contribution in [0.15, 0.2) is 40.9 Å². The molecule has 1 heterocycles. The van der Waals surface area contributed by atoms with Gasteiger partial charge in [-0.1, -0.05) is 30.3 Å². The zero-order valence-electron chi connectivity index (χ0n) is 10.5. The average Bonchev–Trinajstić information content (AvgIpc) is 2.46. The Labute approximate surface area is 109 Å². The van der Waals surface area contributed by atoms with Crippen molar-refractivity contribution >= 4 is 11.4 Å². The van der Waals surface area contributed by atoms with Gasteiger partial charge in [0.25, 0.3) is 0 Å². The van der Waals surface area contributed by atoms with Crippen LogP contribution in [0.1, 0.15) is 31.2 Å². The number of nitrogens with two attached hydrogens (primary N) is 1. The molecule has 0 amide bonds. The molecule has 92 valence electrons. The summed E-state index contributed by atoms with van der Waals surface area (Å²) in [4.78, 5) is 4.58. The fraction of sp³-hybridized carbons (Fsp3) is 0.312. The first kappa shape index (κ1) is 12.4. The van der Waals surface area contributed by atoms with Crippen molar-refractivity contribution < 1.29 is 0 Å². The molecule has 18 heavy (non-hydrogen) atoms. The van der Waals surface area contributed by atoms with E-state index in [2.05, 4.69) is 10.9 Å². The van der Waals surface area contributed by atoms with Gasteiger partial charge < -0.3 is 5.73 Å². The quantitative estimate of drug-likeness (QED) is 0.808. The highest BCUT2D eigenvalue weighted by atomic mass is 14.8. The maximum Gasteiger partial charge on any atom is 0.0448 e. The minimum absolute atomic E-state index is 0.555. The second kappa shape index (κ2) is 6.07. The van der Waals surface area contributed by atoms with Gasteiger partial charge in [-0.15, -0.1) is 12.3 Å². The van der Waals surface area contributed by atoms with Crippen molar-refractivity contribution in [3.05, 3.63) is 41.5 Å². The van der Waals surface area contributed by atoms with E-state index in [0.29, 0.717) is 6.42 Å². The predicted molar refractivity (Wildman–Crippen MR) is 77.2 cm³/mol. The minimum atomic E-state index is 0.555. The van der Waals surface area contributed by atoms with E-state index < -0.39 is 0 Å². The van der Waals surface area contributed by atoms with Gasteiger partial charge in [-0.05, 0) is 24.8 Å². The van der Waals surface area contributed by atoms with E-state index in [-0.39, 0.29) is 0 Å². The molecular weight excluding hydrogens is 220 g/mol. The van der Waals surface area contributed by atoms with E-state index in [4.69, 9.17) is 12.2 Å². The van der Waals surface area contributed by atoms with Gasteiger partial charge in [-0.2, -0.15) is 0 Å². The van der Waals surface area contributed by atoms with Gasteiger partial charge in [0.2, 0.25) is 0 Å². The van der Waals surface area contributed by atoms with Crippen molar-refractivity contribution in [2.75, 3.05) is 6.54 Å². The Morgan fingerprint density at radius 1 is 1.28 bits per heavy atom. The molecule has 0 atom stereocenters. The molecular formula is C16H18N2. The largest absolute Gasteiger partial charge is 0.398 e. The second-order valence-corrected chi connectivity index (χ2v) is 4.42. The lowest BCUT2D eigenvalue weighted by Gasteiger charge is -2.16. The topological polar surface area (TPSA) is 38.4 Å². The SMILES string of the molecule is C#CC/C(C1=NCCCC1)=C(/N)c1ccccc1. The normalized spacial score (nSPS) is 16.5. The zero-order chi connectivity index (χ0) is 12.8. The maximum absolute atomic E-state index is 6.26. The Hall–Kier alpha value is -2.01. The fourth-order valence-electron chi connectivity index (χ4n) is 2.19. The molecule has 0 aromatic heterocycles. The van der Waals surface area contributed by atoms with Gasteiger partial charge in [-0.25, -0.2) is 0 Å². The lowest BCUT2D eigenvalue weighted by atomic mass is 9.95. The molecule has 2 rings (SSSR count). The monoisotopic (exact) mass is 238 g/mol. The summed E-state index contributed by atoms with van der Waals surface area (Å²) in [5.41, 5.74) is 10.2. The number of aliphatic imine (C=N–C) groups is 1.